The van der Waals surface area contributed by atoms with Crippen molar-refractivity contribution in [3.8, 4) is 0 Å². The fraction of sp³-hybridized carbons (Fsp3) is 0.571. The summed E-state index contributed by atoms with van der Waals surface area (Å²) in [5.74, 6) is 2.59. The summed E-state index contributed by atoms with van der Waals surface area (Å²) >= 11 is 1.72. The number of nitrogens with one attached hydrogen (secondary N) is 2. The van der Waals surface area contributed by atoms with Crippen LogP contribution in [0.15, 0.2) is 6.07 Å². The van der Waals surface area contributed by atoms with Crippen LogP contribution in [0.3, 0.4) is 0 Å². The zero-order valence-electron chi connectivity index (χ0n) is 11.5. The van der Waals surface area contributed by atoms with Gasteiger partial charge in [-0.2, -0.15) is 4.98 Å². The van der Waals surface area contributed by atoms with Gasteiger partial charge in [-0.15, -0.1) is 11.3 Å². The van der Waals surface area contributed by atoms with Crippen LogP contribution in [0.25, 0.3) is 10.2 Å². The van der Waals surface area contributed by atoms with Crippen molar-refractivity contribution in [2.75, 3.05) is 24.2 Å². The zero-order valence-corrected chi connectivity index (χ0v) is 12.3. The number of thiophene rings is 1. The lowest BCUT2D eigenvalue weighted by atomic mass is 9.83. The number of nitrogens with zero attached hydrogens (tertiary/aromatic N) is 2. The van der Waals surface area contributed by atoms with Gasteiger partial charge in [-0.1, -0.05) is 19.3 Å². The Labute approximate surface area is 117 Å². The molecule has 0 unspecified atom stereocenters. The maximum absolute atomic E-state index is 4.55. The molecule has 19 heavy (non-hydrogen) atoms. The minimum absolute atomic E-state index is 0.695. The lowest BCUT2D eigenvalue weighted by molar-refractivity contribution is 0.303. The molecule has 2 heterocycles. The summed E-state index contributed by atoms with van der Waals surface area (Å²) in [6, 6.07) is 2.17. The topological polar surface area (TPSA) is 49.8 Å². The van der Waals surface area contributed by atoms with Crippen LogP contribution in [0.5, 0.6) is 0 Å². The van der Waals surface area contributed by atoms with Crippen LogP contribution < -0.4 is 10.6 Å². The second-order valence-electron chi connectivity index (χ2n) is 5.23. The molecule has 2 aromatic rings. The lowest BCUT2D eigenvalue weighted by Crippen LogP contribution is -2.16. The van der Waals surface area contributed by atoms with Crippen molar-refractivity contribution < 1.29 is 0 Å². The van der Waals surface area contributed by atoms with Gasteiger partial charge in [0, 0.05) is 18.5 Å². The van der Waals surface area contributed by atoms with Crippen molar-refractivity contribution in [1.82, 2.24) is 9.97 Å². The smallest absolute Gasteiger partial charge is 0.225 e. The quantitative estimate of drug-likeness (QED) is 0.875. The van der Waals surface area contributed by atoms with Gasteiger partial charge in [0.1, 0.15) is 10.6 Å². The van der Waals surface area contributed by atoms with Crippen molar-refractivity contribution in [1.29, 1.82) is 0 Å². The molecule has 0 spiro atoms. The molecule has 5 heteroatoms. The Morgan fingerprint density at radius 2 is 2.21 bits per heavy atom. The second-order valence-corrected chi connectivity index (χ2v) is 6.47. The van der Waals surface area contributed by atoms with Crippen LogP contribution in [-0.2, 0) is 0 Å². The van der Waals surface area contributed by atoms with Gasteiger partial charge in [-0.25, -0.2) is 4.98 Å². The molecule has 0 radical (unpaired) electrons. The predicted octanol–water partition coefficient (Wildman–Crippen LogP) is 3.64. The highest BCUT2D eigenvalue weighted by molar-refractivity contribution is 7.18. The van der Waals surface area contributed by atoms with E-state index in [0.717, 1.165) is 28.5 Å². The first-order valence-corrected chi connectivity index (χ1v) is 7.77. The van der Waals surface area contributed by atoms with Gasteiger partial charge >= 0.3 is 0 Å². The van der Waals surface area contributed by atoms with Crippen molar-refractivity contribution in [2.45, 2.75) is 32.6 Å². The van der Waals surface area contributed by atoms with Crippen molar-refractivity contribution in [3.63, 3.8) is 0 Å². The van der Waals surface area contributed by atoms with E-state index in [1.807, 2.05) is 7.05 Å². The number of fused-ring (bicyclic) bond motifs is 1. The van der Waals surface area contributed by atoms with E-state index in [1.165, 1.54) is 30.6 Å². The Balaban J connectivity index is 1.78. The minimum atomic E-state index is 0.695. The molecule has 0 aromatic carbocycles. The molecule has 0 amide bonds. The highest BCUT2D eigenvalue weighted by atomic mass is 32.1. The normalized spacial score (nSPS) is 15.5. The highest BCUT2D eigenvalue weighted by Gasteiger charge is 2.17. The Morgan fingerprint density at radius 3 is 2.89 bits per heavy atom. The number of rotatable bonds is 5. The first-order valence-electron chi connectivity index (χ1n) is 6.96. The van der Waals surface area contributed by atoms with Crippen LogP contribution in [0.1, 0.15) is 30.6 Å². The average Bonchev–Trinajstić information content (AvgIpc) is 2.72. The standard InChI is InChI=1S/C14H20N4S/c1-9-8-11-12(16-7-6-10-4-3-5-10)17-14(15-2)18-13(11)19-9/h8,10H,3-7H2,1-2H3,(H2,15,16,17,18). The van der Waals surface area contributed by atoms with Gasteiger partial charge in [-0.05, 0) is 25.3 Å². The second kappa shape index (κ2) is 5.33. The number of anilines is 2. The molecule has 2 aromatic heterocycles. The first-order chi connectivity index (χ1) is 9.26. The van der Waals surface area contributed by atoms with Crippen molar-refractivity contribution in [2.24, 2.45) is 5.92 Å². The van der Waals surface area contributed by atoms with E-state index in [9.17, 15) is 0 Å². The monoisotopic (exact) mass is 276 g/mol. The fourth-order valence-electron chi connectivity index (χ4n) is 2.46. The third kappa shape index (κ3) is 2.66. The number of aryl methyl sites for hydroxylation is 1. The Kier molecular flexibility index (Phi) is 3.55. The molecule has 2 N–H and O–H groups in total. The Hall–Kier alpha value is -1.36. The molecule has 3 rings (SSSR count). The molecule has 1 fully saturated rings. The molecule has 0 atom stereocenters. The molecule has 4 nitrogen and oxygen atoms in total. The minimum Gasteiger partial charge on any atom is -0.369 e. The molecule has 0 bridgehead atoms. The SMILES string of the molecule is CNc1nc(NCCC2CCC2)c2cc(C)sc2n1. The molecular weight excluding hydrogens is 256 g/mol. The van der Waals surface area contributed by atoms with Crippen LogP contribution >= 0.6 is 11.3 Å². The molecule has 1 aliphatic carbocycles. The van der Waals surface area contributed by atoms with E-state index < -0.39 is 0 Å². The summed E-state index contributed by atoms with van der Waals surface area (Å²) in [5, 5.41) is 7.67. The molecule has 0 aliphatic heterocycles. The predicted molar refractivity (Wildman–Crippen MR) is 82.1 cm³/mol. The van der Waals surface area contributed by atoms with Gasteiger partial charge in [0.15, 0.2) is 0 Å². The van der Waals surface area contributed by atoms with Crippen molar-refractivity contribution >= 4 is 33.3 Å². The third-order valence-electron chi connectivity index (χ3n) is 3.81. The highest BCUT2D eigenvalue weighted by Crippen LogP contribution is 2.31. The molecule has 102 valence electrons. The van der Waals surface area contributed by atoms with Crippen LogP contribution in [0, 0.1) is 12.8 Å². The summed E-state index contributed by atoms with van der Waals surface area (Å²) in [7, 11) is 1.86. The third-order valence-corrected chi connectivity index (χ3v) is 4.75. The Bertz CT molecular complexity index is 574. The van der Waals surface area contributed by atoms with Gasteiger partial charge < -0.3 is 10.6 Å². The van der Waals surface area contributed by atoms with E-state index in [1.54, 1.807) is 11.3 Å². The van der Waals surface area contributed by atoms with Crippen LogP contribution in [0.4, 0.5) is 11.8 Å². The average molecular weight is 276 g/mol. The molecule has 0 saturated heterocycles. The van der Waals surface area contributed by atoms with E-state index in [2.05, 4.69) is 33.6 Å². The van der Waals surface area contributed by atoms with E-state index in [-0.39, 0.29) is 0 Å². The van der Waals surface area contributed by atoms with Gasteiger partial charge in [0.2, 0.25) is 5.95 Å². The van der Waals surface area contributed by atoms with Gasteiger partial charge in [-0.3, -0.25) is 0 Å². The summed E-state index contributed by atoms with van der Waals surface area (Å²) in [4.78, 5) is 11.4. The maximum atomic E-state index is 4.55. The van der Waals surface area contributed by atoms with Gasteiger partial charge in [0.05, 0.1) is 5.39 Å². The maximum Gasteiger partial charge on any atom is 0.225 e. The molecular formula is C14H20N4S. The summed E-state index contributed by atoms with van der Waals surface area (Å²) in [6.45, 7) is 3.12. The number of hydrogen-bond acceptors (Lipinski definition) is 5. The summed E-state index contributed by atoms with van der Waals surface area (Å²) < 4.78 is 0. The number of hydrogen-bond donors (Lipinski definition) is 2. The van der Waals surface area contributed by atoms with Crippen LogP contribution in [0.2, 0.25) is 0 Å². The molecule has 1 saturated carbocycles. The van der Waals surface area contributed by atoms with Gasteiger partial charge in [0.25, 0.3) is 0 Å². The van der Waals surface area contributed by atoms with E-state index in [4.69, 9.17) is 0 Å². The van der Waals surface area contributed by atoms with E-state index >= 15 is 0 Å². The Morgan fingerprint density at radius 1 is 1.37 bits per heavy atom. The zero-order chi connectivity index (χ0) is 13.2. The fourth-order valence-corrected chi connectivity index (χ4v) is 3.34. The summed E-state index contributed by atoms with van der Waals surface area (Å²) in [6.07, 6.45) is 5.47. The van der Waals surface area contributed by atoms with Crippen LogP contribution in [-0.4, -0.2) is 23.6 Å². The van der Waals surface area contributed by atoms with Crippen molar-refractivity contribution in [3.05, 3.63) is 10.9 Å². The largest absolute Gasteiger partial charge is 0.369 e. The van der Waals surface area contributed by atoms with E-state index in [0.29, 0.717) is 5.95 Å². The first kappa shape index (κ1) is 12.7. The lowest BCUT2D eigenvalue weighted by Gasteiger charge is -2.25. The molecule has 1 aliphatic rings. The number of aromatic nitrogens is 2. The summed E-state index contributed by atoms with van der Waals surface area (Å²) in [5.41, 5.74) is 0.